The summed E-state index contributed by atoms with van der Waals surface area (Å²) in [6.45, 7) is 16.6. The highest BCUT2D eigenvalue weighted by Crippen LogP contribution is 2.36. The Balaban J connectivity index is 0.000000182. The van der Waals surface area contributed by atoms with Crippen LogP contribution in [0.1, 0.15) is 27.9 Å². The number of nitrogens with zero attached hydrogens (tertiary/aromatic N) is 1. The quantitative estimate of drug-likeness (QED) is 0.0161. The van der Waals surface area contributed by atoms with Gasteiger partial charge >= 0.3 is 0 Å². The Hall–Kier alpha value is -7.28. The summed E-state index contributed by atoms with van der Waals surface area (Å²) in [5.41, 5.74) is 6.31. The fourth-order valence-electron chi connectivity index (χ4n) is 9.38. The van der Waals surface area contributed by atoms with Gasteiger partial charge in [-0.25, -0.2) is 0 Å². The zero-order valence-electron chi connectivity index (χ0n) is 54.1. The van der Waals surface area contributed by atoms with Crippen LogP contribution in [0.5, 0.6) is 34.5 Å². The van der Waals surface area contributed by atoms with Gasteiger partial charge in [-0.3, -0.25) is 19.7 Å². The molecule has 0 unspecified atom stereocenters. The first kappa shape index (κ1) is 75.1. The summed E-state index contributed by atoms with van der Waals surface area (Å²) in [7, 11) is -0.485. The van der Waals surface area contributed by atoms with Crippen LogP contribution < -0.4 is 19.5 Å². The van der Waals surface area contributed by atoms with Crippen LogP contribution in [0, 0.1) is 24.4 Å². The minimum Gasteiger partial charge on any atom is -0.507 e. The van der Waals surface area contributed by atoms with E-state index in [1.807, 2.05) is 140 Å². The largest absolute Gasteiger partial charge is 0.507 e. The van der Waals surface area contributed by atoms with E-state index in [-0.39, 0.29) is 24.6 Å². The molecular weight excluding hydrogens is 1590 g/mol. The fourth-order valence-corrected chi connectivity index (χ4v) is 12.4. The SMILES string of the molecule is COc1ccc2c(c1)C(=O)N(C[C@@]1(C#Cc3ccc(-c4ccccc4O)cc3)CC(=O)NC1=O)C2.C[Si](C)(C)CCOCOc1ccccc1-c1ccc(Br)cc1.C[Si](C)(C)CCOCOc1ccccc1I.Oc1ccccc1-c1ccc(Br)cc1.Oc1ccccc1I. The maximum absolute atomic E-state index is 13.0. The molecule has 1 fully saturated rings. The second kappa shape index (κ2) is 36.7. The van der Waals surface area contributed by atoms with Crippen molar-refractivity contribution in [2.24, 2.45) is 5.41 Å². The lowest BCUT2D eigenvalue weighted by atomic mass is 9.85. The molecule has 0 spiro atoms. The summed E-state index contributed by atoms with van der Waals surface area (Å²) < 4.78 is 31.8. The van der Waals surface area contributed by atoms with Crippen LogP contribution in [-0.4, -0.2) is 94.5 Å². The molecule has 11 rings (SSSR count). The standard InChI is InChI=1S/C28H22N2O5.C18H23BrO2Si.C12H9BrO.C12H19IO2Si.C6H5IO/c1-35-21-11-10-20-16-30(26(33)23(20)14-21)17-28(15-25(32)29-27(28)34)13-12-18-6-8-19(9-7-18)22-4-2-3-5-24(22)31;1-22(2,3)13-12-20-14-21-18-7-5-4-6-17(18)15-8-10-16(19)11-9-15;13-10-7-5-9(6-8-10)11-3-1-2-4-12(11)14;1-16(2,3)9-8-14-10-15-12-7-5-4-6-11(12)13;7-5-3-1-2-4-6(5)8/h2-11,14,31H,15-17H2,1H3,(H,29,32,34);4-11H,12-14H2,1-3H3;1-8,14H;4-7H,8-10H2,1-3H3;1-4,8H/t28-;;;;/m1..../s1. The number of phenolic OH excluding ortho intramolecular Hbond substituents is 3. The highest BCUT2D eigenvalue weighted by atomic mass is 127. The average Bonchev–Trinajstić information content (AvgIpc) is 1.63. The molecule has 0 saturated carbocycles. The van der Waals surface area contributed by atoms with Crippen molar-refractivity contribution in [1.29, 1.82) is 0 Å². The molecule has 3 amide bonds. The molecule has 1 atom stereocenters. The number of imide groups is 1. The summed E-state index contributed by atoms with van der Waals surface area (Å²) in [5, 5.41) is 31.0. The van der Waals surface area contributed by atoms with Crippen LogP contribution in [0.2, 0.25) is 51.4 Å². The molecule has 2 heterocycles. The zero-order chi connectivity index (χ0) is 68.5. The van der Waals surface area contributed by atoms with Crippen molar-refractivity contribution in [2.75, 3.05) is 40.5 Å². The molecule has 9 aromatic rings. The van der Waals surface area contributed by atoms with Gasteiger partial charge in [0.2, 0.25) is 11.8 Å². The maximum atomic E-state index is 13.0. The van der Waals surface area contributed by atoms with Gasteiger partial charge < -0.3 is 43.9 Å². The van der Waals surface area contributed by atoms with E-state index >= 15 is 0 Å². The first-order valence-corrected chi connectivity index (χ1v) is 41.8. The van der Waals surface area contributed by atoms with Gasteiger partial charge in [0.1, 0.15) is 39.9 Å². The second-order valence-corrected chi connectivity index (χ2v) is 39.9. The molecular formula is C76H78Br2I2N2O11Si2. The maximum Gasteiger partial charge on any atom is 0.254 e. The molecule has 19 heteroatoms. The summed E-state index contributed by atoms with van der Waals surface area (Å²) >= 11 is 11.2. The van der Waals surface area contributed by atoms with E-state index in [0.717, 1.165) is 80.2 Å². The third kappa shape index (κ3) is 24.1. The topological polar surface area (TPSA) is 173 Å². The van der Waals surface area contributed by atoms with E-state index in [4.69, 9.17) is 28.8 Å². The number of fused-ring (bicyclic) bond motifs is 1. The number of methoxy groups -OCH3 is 1. The van der Waals surface area contributed by atoms with Crippen molar-refractivity contribution in [3.8, 4) is 79.7 Å². The Morgan fingerprint density at radius 1 is 0.537 bits per heavy atom. The summed E-state index contributed by atoms with van der Waals surface area (Å²) in [4.78, 5) is 39.6. The van der Waals surface area contributed by atoms with Gasteiger partial charge in [-0.05, 0) is 171 Å². The zero-order valence-corrected chi connectivity index (χ0v) is 63.6. The predicted octanol–water partition coefficient (Wildman–Crippen LogP) is 18.7. The number of nitrogens with one attached hydrogen (secondary N) is 1. The third-order valence-corrected chi connectivity index (χ3v) is 21.0. The average molecular weight is 1670 g/mol. The molecule has 0 radical (unpaired) electrons. The molecule has 13 nitrogen and oxygen atoms in total. The van der Waals surface area contributed by atoms with Gasteiger partial charge in [0.25, 0.3) is 5.91 Å². The van der Waals surface area contributed by atoms with Crippen LogP contribution in [0.3, 0.4) is 0 Å². The molecule has 2 aliphatic heterocycles. The number of rotatable bonds is 18. The van der Waals surface area contributed by atoms with Gasteiger partial charge in [0.05, 0.1) is 20.7 Å². The Kier molecular flexibility index (Phi) is 29.0. The molecule has 2 aliphatic rings. The van der Waals surface area contributed by atoms with Gasteiger partial charge in [0.15, 0.2) is 13.6 Å². The van der Waals surface area contributed by atoms with Crippen LogP contribution in [-0.2, 0) is 25.6 Å². The van der Waals surface area contributed by atoms with Gasteiger partial charge in [-0.2, -0.15) is 0 Å². The summed E-state index contributed by atoms with van der Waals surface area (Å²) in [5.74, 6) is 8.08. The van der Waals surface area contributed by atoms with Gasteiger partial charge in [-0.15, -0.1) is 0 Å². The third-order valence-electron chi connectivity index (χ3n) is 14.7. The van der Waals surface area contributed by atoms with Gasteiger partial charge in [0, 0.05) is 79.2 Å². The first-order chi connectivity index (χ1) is 45.4. The lowest BCUT2D eigenvalue weighted by molar-refractivity contribution is -0.127. The van der Waals surface area contributed by atoms with Crippen molar-refractivity contribution in [1.82, 2.24) is 10.2 Å². The van der Waals surface area contributed by atoms with Crippen molar-refractivity contribution in [3.05, 3.63) is 245 Å². The highest BCUT2D eigenvalue weighted by Gasteiger charge is 2.48. The number of halogens is 4. The number of hydrogen-bond acceptors (Lipinski definition) is 11. The summed E-state index contributed by atoms with van der Waals surface area (Å²) in [6, 6.07) is 68.6. The number of para-hydroxylation sites is 5. The molecule has 494 valence electrons. The van der Waals surface area contributed by atoms with Crippen LogP contribution in [0.4, 0.5) is 0 Å². The van der Waals surface area contributed by atoms with E-state index in [0.29, 0.717) is 54.1 Å². The lowest BCUT2D eigenvalue weighted by Crippen LogP contribution is -2.42. The Morgan fingerprint density at radius 3 is 1.45 bits per heavy atom. The number of benzene rings is 9. The Morgan fingerprint density at radius 2 is 0.989 bits per heavy atom. The van der Waals surface area contributed by atoms with Crippen molar-refractivity contribution in [2.45, 2.75) is 64.3 Å². The highest BCUT2D eigenvalue weighted by molar-refractivity contribution is 14.1. The molecule has 9 aromatic carbocycles. The first-order valence-electron chi connectivity index (χ1n) is 30.6. The Bertz CT molecular complexity index is 4040. The minimum absolute atomic E-state index is 0.00335. The lowest BCUT2D eigenvalue weighted by Gasteiger charge is -2.25. The number of ether oxygens (including phenoxy) is 5. The number of carbonyl (C=O) groups excluding carboxylic acids is 3. The van der Waals surface area contributed by atoms with Crippen molar-refractivity contribution < 1.29 is 53.4 Å². The molecule has 4 N–H and O–H groups in total. The Labute approximate surface area is 604 Å². The monoisotopic (exact) mass is 1660 g/mol. The number of phenols is 3. The van der Waals surface area contributed by atoms with Crippen molar-refractivity contribution in [3.63, 3.8) is 0 Å². The molecule has 95 heavy (non-hydrogen) atoms. The number of carbonyl (C=O) groups is 3. The van der Waals surface area contributed by atoms with E-state index in [1.54, 1.807) is 59.5 Å². The number of amides is 3. The molecule has 0 aliphatic carbocycles. The van der Waals surface area contributed by atoms with Crippen molar-refractivity contribution >= 4 is 111 Å². The smallest absolute Gasteiger partial charge is 0.254 e. The minimum atomic E-state index is -1.34. The second-order valence-electron chi connectivity index (χ2n) is 24.5. The summed E-state index contributed by atoms with van der Waals surface area (Å²) in [6.07, 6.45) is -0.113. The number of aromatic hydroxyl groups is 3. The number of hydrogen-bond donors (Lipinski definition) is 4. The van der Waals surface area contributed by atoms with E-state index in [2.05, 4.69) is 152 Å². The van der Waals surface area contributed by atoms with Crippen LogP contribution in [0.25, 0.3) is 33.4 Å². The molecule has 1 saturated heterocycles. The van der Waals surface area contributed by atoms with E-state index in [9.17, 15) is 24.6 Å². The van der Waals surface area contributed by atoms with E-state index in [1.165, 1.54) is 13.2 Å². The predicted molar refractivity (Wildman–Crippen MR) is 408 cm³/mol. The van der Waals surface area contributed by atoms with Gasteiger partial charge in [-0.1, -0.05) is 204 Å². The normalized spacial score (nSPS) is 13.7. The molecule has 0 aromatic heterocycles. The van der Waals surface area contributed by atoms with E-state index < -0.39 is 33.4 Å². The van der Waals surface area contributed by atoms with Crippen LogP contribution in [0.15, 0.2) is 221 Å². The fraction of sp³-hybridized carbons (Fsp3) is 0.224. The van der Waals surface area contributed by atoms with Crippen LogP contribution >= 0.6 is 77.0 Å². The molecule has 0 bridgehead atoms.